The maximum absolute atomic E-state index is 6.34. The minimum absolute atomic E-state index is 0.0875. The lowest BCUT2D eigenvalue weighted by atomic mass is 9.91. The molecule has 1 aromatic rings. The summed E-state index contributed by atoms with van der Waals surface area (Å²) in [5, 5.41) is 3.38. The predicted octanol–water partition coefficient (Wildman–Crippen LogP) is 3.23. The highest BCUT2D eigenvalue weighted by Gasteiger charge is 2.41. The molecular weight excluding hydrogens is 282 g/mol. The fraction of sp³-hybridized carbons (Fsp3) is 0.647. The van der Waals surface area contributed by atoms with E-state index in [-0.39, 0.29) is 5.60 Å². The number of hydrogen-bond acceptors (Lipinski definition) is 4. The molecule has 0 amide bonds. The van der Waals surface area contributed by atoms with Gasteiger partial charge in [-0.2, -0.15) is 11.8 Å². The smallest absolute Gasteiger partial charge is 0.124 e. The molecule has 0 bridgehead atoms. The first-order chi connectivity index (χ1) is 10.3. The van der Waals surface area contributed by atoms with Crippen LogP contribution < -0.4 is 10.1 Å². The van der Waals surface area contributed by atoms with Crippen LogP contribution in [0.5, 0.6) is 5.75 Å². The standard InChI is InChI=1S/C17H25NO2S/c1-2-18-12-14-5-3-4-6-16(14)20-15-7-9-19-17(11-15)8-10-21-13-17/h3-6,15,18H,2,7-13H2,1H3. The first-order valence-electron chi connectivity index (χ1n) is 7.98. The lowest BCUT2D eigenvalue weighted by Crippen LogP contribution is -2.43. The van der Waals surface area contributed by atoms with E-state index >= 15 is 0 Å². The van der Waals surface area contributed by atoms with Gasteiger partial charge in [-0.1, -0.05) is 25.1 Å². The van der Waals surface area contributed by atoms with E-state index in [1.54, 1.807) is 0 Å². The molecule has 3 rings (SSSR count). The average molecular weight is 307 g/mol. The molecule has 21 heavy (non-hydrogen) atoms. The van der Waals surface area contributed by atoms with Crippen molar-refractivity contribution in [3.63, 3.8) is 0 Å². The zero-order chi connectivity index (χ0) is 14.5. The Morgan fingerprint density at radius 2 is 2.33 bits per heavy atom. The third-order valence-corrected chi connectivity index (χ3v) is 5.57. The molecule has 3 nitrogen and oxygen atoms in total. The summed E-state index contributed by atoms with van der Waals surface area (Å²) in [7, 11) is 0. The molecule has 116 valence electrons. The first-order valence-corrected chi connectivity index (χ1v) is 9.14. The number of hydrogen-bond donors (Lipinski definition) is 1. The van der Waals surface area contributed by atoms with Crippen molar-refractivity contribution in [1.29, 1.82) is 0 Å². The van der Waals surface area contributed by atoms with Crippen molar-refractivity contribution in [1.82, 2.24) is 5.32 Å². The number of rotatable bonds is 5. The van der Waals surface area contributed by atoms with Crippen molar-refractivity contribution in [2.75, 3.05) is 24.7 Å². The highest BCUT2D eigenvalue weighted by Crippen LogP contribution is 2.39. The van der Waals surface area contributed by atoms with Gasteiger partial charge in [-0.15, -0.1) is 0 Å². The van der Waals surface area contributed by atoms with Gasteiger partial charge in [-0.3, -0.25) is 0 Å². The van der Waals surface area contributed by atoms with Gasteiger partial charge in [-0.25, -0.2) is 0 Å². The Morgan fingerprint density at radius 1 is 1.43 bits per heavy atom. The van der Waals surface area contributed by atoms with Crippen LogP contribution in [0.15, 0.2) is 24.3 Å². The molecule has 0 saturated carbocycles. The van der Waals surface area contributed by atoms with Crippen molar-refractivity contribution in [2.24, 2.45) is 0 Å². The Morgan fingerprint density at radius 3 is 3.14 bits per heavy atom. The zero-order valence-electron chi connectivity index (χ0n) is 12.8. The van der Waals surface area contributed by atoms with E-state index in [9.17, 15) is 0 Å². The lowest BCUT2D eigenvalue weighted by Gasteiger charge is -2.37. The molecule has 2 unspecified atom stereocenters. The first kappa shape index (κ1) is 15.2. The maximum atomic E-state index is 6.34. The topological polar surface area (TPSA) is 30.5 Å². The summed E-state index contributed by atoms with van der Waals surface area (Å²) in [6.07, 6.45) is 3.51. The molecule has 2 heterocycles. The van der Waals surface area contributed by atoms with Gasteiger partial charge >= 0.3 is 0 Å². The van der Waals surface area contributed by atoms with E-state index in [0.29, 0.717) is 6.10 Å². The number of para-hydroxylation sites is 1. The van der Waals surface area contributed by atoms with E-state index in [2.05, 4.69) is 36.5 Å². The van der Waals surface area contributed by atoms with Crippen LogP contribution in [0.25, 0.3) is 0 Å². The van der Waals surface area contributed by atoms with Crippen molar-refractivity contribution in [2.45, 2.75) is 44.4 Å². The van der Waals surface area contributed by atoms with E-state index in [0.717, 1.165) is 44.0 Å². The van der Waals surface area contributed by atoms with Gasteiger partial charge < -0.3 is 14.8 Å². The Kier molecular flexibility index (Phi) is 5.09. The van der Waals surface area contributed by atoms with E-state index in [4.69, 9.17) is 9.47 Å². The normalized spacial score (nSPS) is 28.9. The van der Waals surface area contributed by atoms with Crippen LogP contribution in [0.1, 0.15) is 31.7 Å². The second-order valence-corrected chi connectivity index (χ2v) is 7.06. The quantitative estimate of drug-likeness (QED) is 0.905. The third kappa shape index (κ3) is 3.74. The Balaban J connectivity index is 1.65. The Hall–Kier alpha value is -0.710. The molecule has 1 spiro atoms. The van der Waals surface area contributed by atoms with Crippen LogP contribution in [0.3, 0.4) is 0 Å². The maximum Gasteiger partial charge on any atom is 0.124 e. The van der Waals surface area contributed by atoms with Gasteiger partial charge in [0, 0.05) is 30.7 Å². The number of ether oxygens (including phenoxy) is 2. The monoisotopic (exact) mass is 307 g/mol. The van der Waals surface area contributed by atoms with Gasteiger partial charge in [-0.05, 0) is 24.8 Å². The van der Waals surface area contributed by atoms with Crippen molar-refractivity contribution < 1.29 is 9.47 Å². The minimum atomic E-state index is 0.0875. The molecular formula is C17H25NO2S. The number of thioether (sulfide) groups is 1. The summed E-state index contributed by atoms with van der Waals surface area (Å²) in [4.78, 5) is 0. The third-order valence-electron chi connectivity index (χ3n) is 4.35. The molecule has 2 aliphatic rings. The molecule has 1 N–H and O–H groups in total. The van der Waals surface area contributed by atoms with Crippen LogP contribution in [-0.4, -0.2) is 36.4 Å². The zero-order valence-corrected chi connectivity index (χ0v) is 13.6. The highest BCUT2D eigenvalue weighted by molar-refractivity contribution is 7.99. The van der Waals surface area contributed by atoms with Gasteiger partial charge in [0.1, 0.15) is 11.9 Å². The van der Waals surface area contributed by atoms with E-state index in [1.165, 1.54) is 17.7 Å². The van der Waals surface area contributed by atoms with Gasteiger partial charge in [0.15, 0.2) is 0 Å². The Bertz CT molecular complexity index is 460. The van der Waals surface area contributed by atoms with Gasteiger partial charge in [0.05, 0.1) is 12.2 Å². The predicted molar refractivity (Wildman–Crippen MR) is 88.1 cm³/mol. The van der Waals surface area contributed by atoms with Crippen LogP contribution in [0, 0.1) is 0 Å². The number of benzene rings is 1. The van der Waals surface area contributed by atoms with Crippen molar-refractivity contribution >= 4 is 11.8 Å². The van der Waals surface area contributed by atoms with Crippen LogP contribution in [0.2, 0.25) is 0 Å². The van der Waals surface area contributed by atoms with Crippen LogP contribution in [0.4, 0.5) is 0 Å². The van der Waals surface area contributed by atoms with Crippen molar-refractivity contribution in [3.8, 4) is 5.75 Å². The minimum Gasteiger partial charge on any atom is -0.490 e. The average Bonchev–Trinajstić information content (AvgIpc) is 2.94. The molecule has 2 saturated heterocycles. The molecule has 2 aliphatic heterocycles. The van der Waals surface area contributed by atoms with Crippen LogP contribution in [-0.2, 0) is 11.3 Å². The largest absolute Gasteiger partial charge is 0.490 e. The fourth-order valence-corrected chi connectivity index (χ4v) is 4.53. The summed E-state index contributed by atoms with van der Waals surface area (Å²) >= 11 is 2.01. The van der Waals surface area contributed by atoms with E-state index < -0.39 is 0 Å². The summed E-state index contributed by atoms with van der Waals surface area (Å²) in [5.74, 6) is 3.39. The SMILES string of the molecule is CCNCc1ccccc1OC1CCOC2(CCSC2)C1. The molecule has 2 atom stereocenters. The van der Waals surface area contributed by atoms with Crippen LogP contribution >= 0.6 is 11.8 Å². The highest BCUT2D eigenvalue weighted by atomic mass is 32.2. The second-order valence-electron chi connectivity index (χ2n) is 5.95. The van der Waals surface area contributed by atoms with Crippen molar-refractivity contribution in [3.05, 3.63) is 29.8 Å². The lowest BCUT2D eigenvalue weighted by molar-refractivity contribution is -0.0960. The Labute approximate surface area is 131 Å². The molecule has 2 fully saturated rings. The molecule has 0 radical (unpaired) electrons. The summed E-state index contributed by atoms with van der Waals surface area (Å²) in [6.45, 7) is 4.81. The second kappa shape index (κ2) is 7.03. The van der Waals surface area contributed by atoms with Gasteiger partial charge in [0.25, 0.3) is 0 Å². The fourth-order valence-electron chi connectivity index (χ4n) is 3.15. The molecule has 0 aromatic heterocycles. The molecule has 0 aliphatic carbocycles. The summed E-state index contributed by atoms with van der Waals surface area (Å²) in [5.41, 5.74) is 1.34. The molecule has 4 heteroatoms. The van der Waals surface area contributed by atoms with Gasteiger partial charge in [0.2, 0.25) is 0 Å². The number of nitrogens with one attached hydrogen (secondary N) is 1. The molecule has 1 aromatic carbocycles. The summed E-state index contributed by atoms with van der Waals surface area (Å²) in [6, 6.07) is 8.39. The summed E-state index contributed by atoms with van der Waals surface area (Å²) < 4.78 is 12.4. The van der Waals surface area contributed by atoms with E-state index in [1.807, 2.05) is 11.8 Å².